The van der Waals surface area contributed by atoms with Crippen LogP contribution in [0.3, 0.4) is 0 Å². The summed E-state index contributed by atoms with van der Waals surface area (Å²) in [7, 11) is -3.72. The van der Waals surface area contributed by atoms with Crippen molar-refractivity contribution in [1.82, 2.24) is 9.97 Å². The van der Waals surface area contributed by atoms with E-state index in [-0.39, 0.29) is 4.90 Å². The Morgan fingerprint density at radius 2 is 1.67 bits per heavy atom. The number of aromatic nitrogens is 2. The van der Waals surface area contributed by atoms with Crippen molar-refractivity contribution in [2.24, 2.45) is 5.14 Å². The van der Waals surface area contributed by atoms with E-state index in [2.05, 4.69) is 26.7 Å². The molecule has 3 rings (SSSR count). The molecule has 7 nitrogen and oxygen atoms in total. The van der Waals surface area contributed by atoms with E-state index < -0.39 is 10.0 Å². The molecule has 3 aromatic rings. The lowest BCUT2D eigenvalue weighted by molar-refractivity contribution is 0.597. The number of nitrogens with two attached hydrogens (primary N) is 1. The van der Waals surface area contributed by atoms with E-state index in [1.165, 1.54) is 29.6 Å². The number of rotatable bonds is 6. The first-order chi connectivity index (χ1) is 12.8. The molecule has 4 N–H and O–H groups in total. The second-order valence-electron chi connectivity index (χ2n) is 6.34. The zero-order chi connectivity index (χ0) is 19.4. The summed E-state index contributed by atoms with van der Waals surface area (Å²) >= 11 is 0. The van der Waals surface area contributed by atoms with Crippen molar-refractivity contribution < 1.29 is 8.42 Å². The van der Waals surface area contributed by atoms with Crippen molar-refractivity contribution in [3.05, 3.63) is 71.5 Å². The smallest absolute Gasteiger partial charge is 0.238 e. The molecule has 2 aromatic carbocycles. The van der Waals surface area contributed by atoms with Gasteiger partial charge in [-0.15, -0.1) is 0 Å². The number of hydrogen-bond donors (Lipinski definition) is 3. The third-order valence-electron chi connectivity index (χ3n) is 3.86. The molecule has 27 heavy (non-hydrogen) atoms. The van der Waals surface area contributed by atoms with Crippen LogP contribution in [0.25, 0.3) is 0 Å². The van der Waals surface area contributed by atoms with Gasteiger partial charge in [0, 0.05) is 18.3 Å². The van der Waals surface area contributed by atoms with Crippen molar-refractivity contribution in [2.75, 3.05) is 10.6 Å². The van der Waals surface area contributed by atoms with Gasteiger partial charge in [-0.25, -0.2) is 23.5 Å². The molecular formula is C19H21N5O2S. The maximum Gasteiger partial charge on any atom is 0.238 e. The average Bonchev–Trinajstić information content (AvgIpc) is 2.59. The molecule has 0 aliphatic rings. The molecule has 0 fully saturated rings. The summed E-state index contributed by atoms with van der Waals surface area (Å²) in [5.74, 6) is 1.29. The van der Waals surface area contributed by atoms with Crippen LogP contribution in [-0.2, 0) is 16.6 Å². The van der Waals surface area contributed by atoms with Gasteiger partial charge in [-0.05, 0) is 54.8 Å². The topological polar surface area (TPSA) is 110 Å². The van der Waals surface area contributed by atoms with Crippen LogP contribution < -0.4 is 15.8 Å². The molecule has 1 aromatic heterocycles. The second-order valence-corrected chi connectivity index (χ2v) is 7.90. The van der Waals surface area contributed by atoms with Gasteiger partial charge in [-0.2, -0.15) is 0 Å². The van der Waals surface area contributed by atoms with Crippen LogP contribution in [-0.4, -0.2) is 18.4 Å². The number of hydrogen-bond acceptors (Lipinski definition) is 6. The second kappa shape index (κ2) is 7.73. The molecule has 140 valence electrons. The summed E-state index contributed by atoms with van der Waals surface area (Å²) < 4.78 is 22.9. The number of benzene rings is 2. The maximum absolute atomic E-state index is 11.5. The number of nitrogens with zero attached hydrogens (tertiary/aromatic N) is 2. The molecule has 0 aliphatic carbocycles. The van der Waals surface area contributed by atoms with E-state index >= 15 is 0 Å². The first-order valence-electron chi connectivity index (χ1n) is 8.32. The third kappa shape index (κ3) is 5.25. The van der Waals surface area contributed by atoms with Crippen molar-refractivity contribution >= 4 is 27.3 Å². The number of aryl methyl sites for hydroxylation is 2. The monoisotopic (exact) mass is 383 g/mol. The number of anilines is 3. The van der Waals surface area contributed by atoms with E-state index in [0.717, 1.165) is 11.3 Å². The molecule has 0 radical (unpaired) electrons. The molecule has 0 amide bonds. The van der Waals surface area contributed by atoms with Crippen LogP contribution in [0.1, 0.15) is 16.7 Å². The minimum absolute atomic E-state index is 0.0849. The highest BCUT2D eigenvalue weighted by Gasteiger charge is 2.08. The van der Waals surface area contributed by atoms with Gasteiger partial charge in [-0.3, -0.25) is 0 Å². The predicted molar refractivity (Wildman–Crippen MR) is 106 cm³/mol. The first kappa shape index (κ1) is 18.8. The van der Waals surface area contributed by atoms with Crippen LogP contribution in [0.4, 0.5) is 17.3 Å². The van der Waals surface area contributed by atoms with Gasteiger partial charge in [-0.1, -0.05) is 18.2 Å². The largest absolute Gasteiger partial charge is 0.366 e. The standard InChI is InChI=1S/C19H21N5O2S/c1-13-6-14(2)8-16(7-13)24-19-10-18(22-12-23-19)21-11-15-4-3-5-17(9-15)27(20,25)26/h3-10,12H,11H2,1-2H3,(H2,20,25,26)(H2,21,22,23,24). The molecule has 0 bridgehead atoms. The Kier molecular flexibility index (Phi) is 5.38. The summed E-state index contributed by atoms with van der Waals surface area (Å²) in [4.78, 5) is 8.52. The molecular weight excluding hydrogens is 362 g/mol. The number of primary sulfonamides is 1. The Morgan fingerprint density at radius 3 is 2.37 bits per heavy atom. The quantitative estimate of drug-likeness (QED) is 0.603. The van der Waals surface area contributed by atoms with E-state index in [1.807, 2.05) is 32.0 Å². The zero-order valence-electron chi connectivity index (χ0n) is 15.1. The Hall–Kier alpha value is -2.97. The lowest BCUT2D eigenvalue weighted by Gasteiger charge is -2.10. The van der Waals surface area contributed by atoms with Crippen LogP contribution >= 0.6 is 0 Å². The lowest BCUT2D eigenvalue weighted by Crippen LogP contribution is -2.12. The fourth-order valence-electron chi connectivity index (χ4n) is 2.74. The molecule has 0 saturated carbocycles. The van der Waals surface area contributed by atoms with Gasteiger partial charge >= 0.3 is 0 Å². The minimum atomic E-state index is -3.72. The first-order valence-corrected chi connectivity index (χ1v) is 9.87. The highest BCUT2D eigenvalue weighted by Crippen LogP contribution is 2.20. The Bertz CT molecular complexity index is 1050. The predicted octanol–water partition coefficient (Wildman–Crippen LogP) is 3.10. The van der Waals surface area contributed by atoms with Crippen molar-refractivity contribution in [2.45, 2.75) is 25.3 Å². The SMILES string of the molecule is Cc1cc(C)cc(Nc2cc(NCc3cccc(S(N)(=O)=O)c3)ncn2)c1. The van der Waals surface area contributed by atoms with Crippen LogP contribution in [0.5, 0.6) is 0 Å². The summed E-state index contributed by atoms with van der Waals surface area (Å²) in [6, 6.07) is 14.5. The van der Waals surface area contributed by atoms with Gasteiger partial charge in [0.2, 0.25) is 10.0 Å². The van der Waals surface area contributed by atoms with Gasteiger partial charge in [0.05, 0.1) is 4.90 Å². The average molecular weight is 383 g/mol. The van der Waals surface area contributed by atoms with Gasteiger partial charge in [0.1, 0.15) is 18.0 Å². The summed E-state index contributed by atoms with van der Waals surface area (Å²) in [6.07, 6.45) is 1.47. The molecule has 0 spiro atoms. The van der Waals surface area contributed by atoms with Crippen LogP contribution in [0, 0.1) is 13.8 Å². The summed E-state index contributed by atoms with van der Waals surface area (Å²) in [5.41, 5.74) is 4.07. The van der Waals surface area contributed by atoms with Crippen molar-refractivity contribution in [3.63, 3.8) is 0 Å². The van der Waals surface area contributed by atoms with E-state index in [4.69, 9.17) is 5.14 Å². The summed E-state index contributed by atoms with van der Waals surface area (Å²) in [6.45, 7) is 4.49. The fourth-order valence-corrected chi connectivity index (χ4v) is 3.33. The lowest BCUT2D eigenvalue weighted by atomic mass is 10.1. The third-order valence-corrected chi connectivity index (χ3v) is 4.77. The molecule has 8 heteroatoms. The van der Waals surface area contributed by atoms with Gasteiger partial charge in [0.15, 0.2) is 0 Å². The summed E-state index contributed by atoms with van der Waals surface area (Å²) in [5, 5.41) is 11.6. The van der Waals surface area contributed by atoms with Gasteiger partial charge in [0.25, 0.3) is 0 Å². The van der Waals surface area contributed by atoms with Crippen LogP contribution in [0.15, 0.2) is 59.8 Å². The minimum Gasteiger partial charge on any atom is -0.366 e. The van der Waals surface area contributed by atoms with E-state index in [0.29, 0.717) is 18.2 Å². The normalized spacial score (nSPS) is 11.2. The molecule has 0 atom stereocenters. The number of nitrogens with one attached hydrogen (secondary N) is 2. The van der Waals surface area contributed by atoms with Crippen molar-refractivity contribution in [3.8, 4) is 0 Å². The molecule has 0 saturated heterocycles. The molecule has 1 heterocycles. The van der Waals surface area contributed by atoms with Gasteiger partial charge < -0.3 is 10.6 Å². The maximum atomic E-state index is 11.5. The highest BCUT2D eigenvalue weighted by molar-refractivity contribution is 7.89. The Labute approximate surface area is 158 Å². The number of sulfonamides is 1. The molecule has 0 unspecified atom stereocenters. The molecule has 0 aliphatic heterocycles. The Morgan fingerprint density at radius 1 is 0.963 bits per heavy atom. The van der Waals surface area contributed by atoms with E-state index in [9.17, 15) is 8.42 Å². The highest BCUT2D eigenvalue weighted by atomic mass is 32.2. The zero-order valence-corrected chi connectivity index (χ0v) is 15.9. The fraction of sp³-hybridized carbons (Fsp3) is 0.158. The van der Waals surface area contributed by atoms with E-state index in [1.54, 1.807) is 12.1 Å². The van der Waals surface area contributed by atoms with Crippen molar-refractivity contribution in [1.29, 1.82) is 0 Å². The Balaban J connectivity index is 1.71. The van der Waals surface area contributed by atoms with Crippen LogP contribution in [0.2, 0.25) is 0 Å².